The van der Waals surface area contributed by atoms with Crippen molar-refractivity contribution in [3.63, 3.8) is 0 Å². The highest BCUT2D eigenvalue weighted by atomic mass is 19.1. The molecule has 2 aliphatic rings. The van der Waals surface area contributed by atoms with Gasteiger partial charge in [0.25, 0.3) is 0 Å². The molecule has 220 valence electrons. The summed E-state index contributed by atoms with van der Waals surface area (Å²) in [6.07, 6.45) is 0.793. The summed E-state index contributed by atoms with van der Waals surface area (Å²) >= 11 is 0. The van der Waals surface area contributed by atoms with E-state index in [4.69, 9.17) is 0 Å². The van der Waals surface area contributed by atoms with Crippen LogP contribution in [0.4, 0.5) is 9.18 Å². The number of carbonyl (C=O) groups excluding carboxylic acids is 3. The molecule has 2 saturated heterocycles. The Labute approximate surface area is 248 Å². The second kappa shape index (κ2) is 12.8. The van der Waals surface area contributed by atoms with Gasteiger partial charge in [-0.3, -0.25) is 9.59 Å². The molecule has 0 radical (unpaired) electrons. The quantitative estimate of drug-likeness (QED) is 0.394. The van der Waals surface area contributed by atoms with Gasteiger partial charge in [0.1, 0.15) is 29.8 Å². The Morgan fingerprint density at radius 2 is 1.81 bits per heavy atom. The van der Waals surface area contributed by atoms with Crippen molar-refractivity contribution in [2.24, 2.45) is 0 Å². The molecule has 2 fully saturated rings. The van der Waals surface area contributed by atoms with Crippen molar-refractivity contribution in [3.05, 3.63) is 114 Å². The molecule has 2 aliphatic heterocycles. The average Bonchev–Trinajstić information content (AvgIpc) is 3.00. The molecule has 3 aromatic rings. The van der Waals surface area contributed by atoms with Crippen molar-refractivity contribution in [1.29, 1.82) is 5.26 Å². The zero-order chi connectivity index (χ0) is 30.5. The lowest BCUT2D eigenvalue weighted by Gasteiger charge is -2.55. The van der Waals surface area contributed by atoms with Crippen LogP contribution in [-0.4, -0.2) is 74.6 Å². The van der Waals surface area contributed by atoms with Gasteiger partial charge >= 0.3 is 6.03 Å². The number of hydrogen-bond donors (Lipinski definition) is 2. The van der Waals surface area contributed by atoms with E-state index in [1.54, 1.807) is 29.3 Å². The fourth-order valence-corrected chi connectivity index (χ4v) is 5.55. The van der Waals surface area contributed by atoms with Gasteiger partial charge in [-0.2, -0.15) is 5.26 Å². The van der Waals surface area contributed by atoms with Gasteiger partial charge in [-0.05, 0) is 29.3 Å². The third kappa shape index (κ3) is 6.19. The summed E-state index contributed by atoms with van der Waals surface area (Å²) in [6, 6.07) is 20.4. The molecule has 2 atom stereocenters. The SMILES string of the molecule is C=CCN1CC(=O)N2C(Cc3ccc(O)cc3)C(=O)N(Cc3cccc(C#N)c3F)CC2N1C(=O)NCc1ccccc1. The van der Waals surface area contributed by atoms with E-state index in [0.717, 1.165) is 5.56 Å². The number of nitriles is 1. The van der Waals surface area contributed by atoms with Crippen LogP contribution in [0.3, 0.4) is 0 Å². The maximum atomic E-state index is 15.1. The molecule has 2 N–H and O–H groups in total. The molecular formula is C32H31FN6O4. The van der Waals surface area contributed by atoms with Crippen LogP contribution in [0, 0.1) is 17.1 Å². The van der Waals surface area contributed by atoms with Crippen LogP contribution < -0.4 is 5.32 Å². The summed E-state index contributed by atoms with van der Waals surface area (Å²) in [6.45, 7) is 3.82. The lowest BCUT2D eigenvalue weighted by Crippen LogP contribution is -2.76. The number of hydrazine groups is 1. The van der Waals surface area contributed by atoms with E-state index in [1.807, 2.05) is 36.4 Å². The first-order chi connectivity index (χ1) is 20.8. The van der Waals surface area contributed by atoms with Gasteiger partial charge in [0.15, 0.2) is 0 Å². The zero-order valence-electron chi connectivity index (χ0n) is 23.4. The Morgan fingerprint density at radius 3 is 2.51 bits per heavy atom. The van der Waals surface area contributed by atoms with E-state index in [9.17, 15) is 24.8 Å². The maximum Gasteiger partial charge on any atom is 0.334 e. The van der Waals surface area contributed by atoms with E-state index in [-0.39, 0.29) is 61.9 Å². The Hall–Kier alpha value is -5.21. The van der Waals surface area contributed by atoms with Crippen molar-refractivity contribution in [2.45, 2.75) is 31.7 Å². The molecule has 10 nitrogen and oxygen atoms in total. The van der Waals surface area contributed by atoms with Gasteiger partial charge in [-0.25, -0.2) is 19.2 Å². The number of fused-ring (bicyclic) bond motifs is 1. The molecule has 0 aliphatic carbocycles. The second-order valence-electron chi connectivity index (χ2n) is 10.4. The van der Waals surface area contributed by atoms with E-state index in [0.29, 0.717) is 5.56 Å². The fourth-order valence-electron chi connectivity index (χ4n) is 5.55. The van der Waals surface area contributed by atoms with Crippen LogP contribution in [0.5, 0.6) is 5.75 Å². The number of halogens is 1. The first kappa shape index (κ1) is 29.3. The minimum absolute atomic E-state index is 0.0569. The summed E-state index contributed by atoms with van der Waals surface area (Å²) in [7, 11) is 0. The number of phenols is 1. The molecule has 0 saturated carbocycles. The van der Waals surface area contributed by atoms with Crippen molar-refractivity contribution in [1.82, 2.24) is 25.1 Å². The summed E-state index contributed by atoms with van der Waals surface area (Å²) < 4.78 is 15.1. The predicted molar refractivity (Wildman–Crippen MR) is 155 cm³/mol. The fraction of sp³-hybridized carbons (Fsp3) is 0.250. The van der Waals surface area contributed by atoms with Crippen molar-refractivity contribution in [3.8, 4) is 11.8 Å². The smallest absolute Gasteiger partial charge is 0.334 e. The van der Waals surface area contributed by atoms with Gasteiger partial charge in [0.2, 0.25) is 11.8 Å². The molecule has 3 aromatic carbocycles. The third-order valence-corrected chi connectivity index (χ3v) is 7.59. The van der Waals surface area contributed by atoms with Crippen LogP contribution in [0.1, 0.15) is 22.3 Å². The molecule has 0 bridgehead atoms. The third-order valence-electron chi connectivity index (χ3n) is 7.59. The molecule has 43 heavy (non-hydrogen) atoms. The number of aromatic hydroxyl groups is 1. The minimum Gasteiger partial charge on any atom is -0.508 e. The zero-order valence-corrected chi connectivity index (χ0v) is 23.4. The number of nitrogens with zero attached hydrogens (tertiary/aromatic N) is 5. The van der Waals surface area contributed by atoms with Crippen molar-refractivity contribution >= 4 is 17.8 Å². The van der Waals surface area contributed by atoms with E-state index in [1.165, 1.54) is 39.1 Å². The molecule has 11 heteroatoms. The molecule has 4 amide bonds. The maximum absolute atomic E-state index is 15.1. The standard InChI is InChI=1S/C32H31FN6O4/c1-2-15-37-21-29(41)38-27(16-22-11-13-26(40)14-12-22)31(42)36(19-25-10-6-9-24(17-34)30(25)33)20-28(38)39(37)32(43)35-18-23-7-4-3-5-8-23/h2-14,27-28,40H,1,15-16,18-21H2,(H,35,43). The van der Waals surface area contributed by atoms with Crippen molar-refractivity contribution < 1.29 is 23.9 Å². The predicted octanol–water partition coefficient (Wildman–Crippen LogP) is 3.14. The Morgan fingerprint density at radius 1 is 1.07 bits per heavy atom. The van der Waals surface area contributed by atoms with Gasteiger partial charge < -0.3 is 20.2 Å². The highest BCUT2D eigenvalue weighted by Crippen LogP contribution is 2.30. The van der Waals surface area contributed by atoms with Crippen LogP contribution in [0.15, 0.2) is 85.5 Å². The van der Waals surface area contributed by atoms with Crippen LogP contribution in [0.25, 0.3) is 0 Å². The van der Waals surface area contributed by atoms with Crippen LogP contribution in [0.2, 0.25) is 0 Å². The summed E-state index contributed by atoms with van der Waals surface area (Å²) in [4.78, 5) is 44.3. The first-order valence-corrected chi connectivity index (χ1v) is 13.8. The Kier molecular flexibility index (Phi) is 8.69. The molecule has 2 unspecified atom stereocenters. The first-order valence-electron chi connectivity index (χ1n) is 13.8. The number of phenolic OH excluding ortho intramolecular Hbond substituents is 1. The van der Waals surface area contributed by atoms with Crippen LogP contribution in [-0.2, 0) is 29.1 Å². The van der Waals surface area contributed by atoms with Gasteiger partial charge in [0.05, 0.1) is 18.7 Å². The van der Waals surface area contributed by atoms with Gasteiger partial charge in [0, 0.05) is 31.6 Å². The molecule has 0 spiro atoms. The van der Waals surface area contributed by atoms with Crippen molar-refractivity contribution in [2.75, 3.05) is 19.6 Å². The normalized spacial score (nSPS) is 18.7. The van der Waals surface area contributed by atoms with E-state index in [2.05, 4.69) is 11.9 Å². The lowest BCUT2D eigenvalue weighted by molar-refractivity contribution is -0.189. The summed E-state index contributed by atoms with van der Waals surface area (Å²) in [5.74, 6) is -1.42. The number of carbonyl (C=O) groups is 3. The Bertz CT molecular complexity index is 1560. The molecule has 2 heterocycles. The Balaban J connectivity index is 1.52. The van der Waals surface area contributed by atoms with Gasteiger partial charge in [-0.15, -0.1) is 6.58 Å². The number of hydrogen-bond acceptors (Lipinski definition) is 6. The number of amides is 4. The number of rotatable bonds is 8. The topological polar surface area (TPSA) is 120 Å². The highest BCUT2D eigenvalue weighted by molar-refractivity contribution is 5.91. The van der Waals surface area contributed by atoms with E-state index < -0.39 is 30.0 Å². The van der Waals surface area contributed by atoms with Crippen LogP contribution >= 0.6 is 0 Å². The molecule has 5 rings (SSSR count). The summed E-state index contributed by atoms with van der Waals surface area (Å²) in [5, 5.41) is 25.0. The number of nitrogens with one attached hydrogen (secondary N) is 1. The number of urea groups is 1. The largest absolute Gasteiger partial charge is 0.508 e. The second-order valence-corrected chi connectivity index (χ2v) is 10.4. The molecular weight excluding hydrogens is 551 g/mol. The van der Waals surface area contributed by atoms with Gasteiger partial charge in [-0.1, -0.05) is 60.7 Å². The number of piperazine rings is 1. The summed E-state index contributed by atoms with van der Waals surface area (Å²) in [5.41, 5.74) is 1.58. The minimum atomic E-state index is -1.01. The monoisotopic (exact) mass is 582 g/mol. The average molecular weight is 583 g/mol. The van der Waals surface area contributed by atoms with E-state index >= 15 is 4.39 Å². The lowest BCUT2D eigenvalue weighted by atomic mass is 9.98. The molecule has 0 aromatic heterocycles. The highest BCUT2D eigenvalue weighted by Gasteiger charge is 2.51. The number of benzene rings is 3.